The van der Waals surface area contributed by atoms with Gasteiger partial charge in [-0.05, 0) is 24.7 Å². The molecule has 1 aliphatic heterocycles. The maximum absolute atomic E-state index is 12.6. The molecule has 2 aromatic rings. The fraction of sp³-hybridized carbons (Fsp3) is 0.375. The van der Waals surface area contributed by atoms with E-state index in [1.54, 1.807) is 0 Å². The maximum Gasteiger partial charge on any atom is 0.245 e. The monoisotopic (exact) mass is 317 g/mol. The summed E-state index contributed by atoms with van der Waals surface area (Å²) in [6, 6.07) is 9.63. The summed E-state index contributed by atoms with van der Waals surface area (Å²) in [4.78, 5) is 17.6. The molecule has 3 rings (SSSR count). The summed E-state index contributed by atoms with van der Waals surface area (Å²) in [5.74, 6) is 0.0815. The molecule has 1 unspecified atom stereocenters. The molecule has 0 saturated carbocycles. The number of carbonyl (C=O) groups excluding carboxylic acids is 1. The Morgan fingerprint density at radius 1 is 1.27 bits per heavy atom. The Kier molecular flexibility index (Phi) is 4.40. The van der Waals surface area contributed by atoms with Crippen LogP contribution in [0.2, 0.25) is 0 Å². The van der Waals surface area contributed by atoms with Crippen LogP contribution in [0.1, 0.15) is 13.0 Å². The Morgan fingerprint density at radius 2 is 1.95 bits per heavy atom. The van der Waals surface area contributed by atoms with Gasteiger partial charge in [-0.25, -0.2) is 0 Å². The quantitative estimate of drug-likeness (QED) is 0.886. The van der Waals surface area contributed by atoms with Crippen LogP contribution in [0, 0.1) is 4.77 Å². The molecule has 22 heavy (non-hydrogen) atoms. The van der Waals surface area contributed by atoms with Crippen molar-refractivity contribution in [3.05, 3.63) is 41.3 Å². The molecule has 1 atom stereocenters. The zero-order valence-electron chi connectivity index (χ0n) is 12.5. The fourth-order valence-corrected chi connectivity index (χ4v) is 2.95. The first-order valence-electron chi connectivity index (χ1n) is 7.40. The molecule has 1 saturated heterocycles. The van der Waals surface area contributed by atoms with Gasteiger partial charge in [0, 0.05) is 19.3 Å². The minimum atomic E-state index is -0.320. The van der Waals surface area contributed by atoms with Crippen LogP contribution in [-0.4, -0.2) is 46.7 Å². The van der Waals surface area contributed by atoms with Gasteiger partial charge in [-0.1, -0.05) is 30.3 Å². The average Bonchev–Trinajstić information content (AvgIpc) is 2.97. The molecule has 5 nitrogen and oxygen atoms in total. The van der Waals surface area contributed by atoms with Crippen LogP contribution < -0.4 is 0 Å². The van der Waals surface area contributed by atoms with Crippen LogP contribution in [0.4, 0.5) is 0 Å². The van der Waals surface area contributed by atoms with E-state index in [1.165, 1.54) is 0 Å². The lowest BCUT2D eigenvalue weighted by Gasteiger charge is -2.29. The second-order valence-corrected chi connectivity index (χ2v) is 5.75. The van der Waals surface area contributed by atoms with Crippen molar-refractivity contribution in [1.29, 1.82) is 0 Å². The molecule has 2 heterocycles. The van der Waals surface area contributed by atoms with Gasteiger partial charge in [-0.15, -0.1) is 0 Å². The normalized spacial score (nSPS) is 16.5. The zero-order chi connectivity index (χ0) is 15.5. The summed E-state index contributed by atoms with van der Waals surface area (Å²) in [7, 11) is 0. The summed E-state index contributed by atoms with van der Waals surface area (Å²) in [5.41, 5.74) is 1.98. The lowest BCUT2D eigenvalue weighted by molar-refractivity contribution is -0.138. The zero-order valence-corrected chi connectivity index (χ0v) is 13.3. The van der Waals surface area contributed by atoms with Crippen molar-refractivity contribution < 1.29 is 9.53 Å². The van der Waals surface area contributed by atoms with E-state index in [0.29, 0.717) is 31.1 Å². The van der Waals surface area contributed by atoms with Gasteiger partial charge in [-0.3, -0.25) is 4.79 Å². The summed E-state index contributed by atoms with van der Waals surface area (Å²) in [5, 5.41) is 0. The highest BCUT2D eigenvalue weighted by Gasteiger charge is 2.24. The number of aromatic nitrogens is 2. The topological polar surface area (TPSA) is 50.3 Å². The van der Waals surface area contributed by atoms with Gasteiger partial charge >= 0.3 is 0 Å². The lowest BCUT2D eigenvalue weighted by Crippen LogP contribution is -2.43. The van der Waals surface area contributed by atoms with Gasteiger partial charge < -0.3 is 19.2 Å². The van der Waals surface area contributed by atoms with E-state index < -0.39 is 0 Å². The molecule has 0 aliphatic carbocycles. The first-order valence-corrected chi connectivity index (χ1v) is 7.81. The number of aromatic amines is 1. The SMILES string of the molecule is CC(C(=O)N1CCOCC1)n1cc(-c2ccccc2)[nH]c1=S. The van der Waals surface area contributed by atoms with Crippen LogP contribution in [0.15, 0.2) is 36.5 Å². The van der Waals surface area contributed by atoms with Crippen molar-refractivity contribution in [2.45, 2.75) is 13.0 Å². The van der Waals surface area contributed by atoms with Gasteiger partial charge in [0.05, 0.1) is 18.9 Å². The van der Waals surface area contributed by atoms with E-state index in [4.69, 9.17) is 17.0 Å². The average molecular weight is 317 g/mol. The molecule has 1 aliphatic rings. The van der Waals surface area contributed by atoms with Crippen LogP contribution in [-0.2, 0) is 9.53 Å². The van der Waals surface area contributed by atoms with Gasteiger partial charge in [0.2, 0.25) is 5.91 Å². The van der Waals surface area contributed by atoms with Crippen molar-refractivity contribution in [3.63, 3.8) is 0 Å². The predicted octanol–water partition coefficient (Wildman–Crippen LogP) is 2.63. The van der Waals surface area contributed by atoms with Gasteiger partial charge in [0.1, 0.15) is 6.04 Å². The number of benzene rings is 1. The highest BCUT2D eigenvalue weighted by molar-refractivity contribution is 7.71. The minimum absolute atomic E-state index is 0.0815. The van der Waals surface area contributed by atoms with E-state index in [-0.39, 0.29) is 11.9 Å². The van der Waals surface area contributed by atoms with E-state index in [9.17, 15) is 4.79 Å². The van der Waals surface area contributed by atoms with Gasteiger partial charge in [0.15, 0.2) is 4.77 Å². The maximum atomic E-state index is 12.6. The van der Waals surface area contributed by atoms with Gasteiger partial charge in [-0.2, -0.15) is 0 Å². The molecule has 1 amide bonds. The third-order valence-electron chi connectivity index (χ3n) is 3.93. The summed E-state index contributed by atoms with van der Waals surface area (Å²) in [6.45, 7) is 4.38. The standard InChI is InChI=1S/C16H19N3O2S/c1-12(15(20)18-7-9-21-10-8-18)19-11-14(17-16(19)22)13-5-3-2-4-6-13/h2-6,11-12H,7-10H2,1H3,(H,17,22). The number of hydrogen-bond donors (Lipinski definition) is 1. The largest absolute Gasteiger partial charge is 0.378 e. The Balaban J connectivity index is 1.84. The molecule has 0 spiro atoms. The highest BCUT2D eigenvalue weighted by Crippen LogP contribution is 2.20. The van der Waals surface area contributed by atoms with Crippen molar-refractivity contribution in [3.8, 4) is 11.3 Å². The van der Waals surface area contributed by atoms with E-state index in [1.807, 2.05) is 52.9 Å². The lowest BCUT2D eigenvalue weighted by atomic mass is 10.2. The third-order valence-corrected chi connectivity index (χ3v) is 4.24. The van der Waals surface area contributed by atoms with E-state index >= 15 is 0 Å². The number of morpholine rings is 1. The molecule has 1 aromatic carbocycles. The number of rotatable bonds is 3. The molecule has 6 heteroatoms. The molecular weight excluding hydrogens is 298 g/mol. The smallest absolute Gasteiger partial charge is 0.245 e. The number of ether oxygens (including phenoxy) is 1. The first kappa shape index (κ1) is 15.0. The minimum Gasteiger partial charge on any atom is -0.378 e. The van der Waals surface area contributed by atoms with Crippen molar-refractivity contribution >= 4 is 18.1 Å². The Bertz CT molecular complexity index is 702. The number of hydrogen-bond acceptors (Lipinski definition) is 3. The van der Waals surface area contributed by atoms with E-state index in [0.717, 1.165) is 11.3 Å². The highest BCUT2D eigenvalue weighted by atomic mass is 32.1. The second kappa shape index (κ2) is 6.46. The molecule has 1 N–H and O–H groups in total. The number of H-pyrrole nitrogens is 1. The molecule has 116 valence electrons. The molecule has 0 bridgehead atoms. The number of amides is 1. The summed E-state index contributed by atoms with van der Waals surface area (Å²) in [6.07, 6.45) is 1.92. The first-order chi connectivity index (χ1) is 10.7. The Hall–Kier alpha value is -1.92. The van der Waals surface area contributed by atoms with Crippen LogP contribution in [0.3, 0.4) is 0 Å². The van der Waals surface area contributed by atoms with Crippen molar-refractivity contribution in [2.24, 2.45) is 0 Å². The molecule has 1 aromatic heterocycles. The fourth-order valence-electron chi connectivity index (χ4n) is 2.63. The molecular formula is C16H19N3O2S. The van der Waals surface area contributed by atoms with Crippen LogP contribution >= 0.6 is 12.2 Å². The van der Waals surface area contributed by atoms with Gasteiger partial charge in [0.25, 0.3) is 0 Å². The number of nitrogens with one attached hydrogen (secondary N) is 1. The molecule has 1 fully saturated rings. The summed E-state index contributed by atoms with van der Waals surface area (Å²) >= 11 is 5.38. The molecule has 0 radical (unpaired) electrons. The predicted molar refractivity (Wildman–Crippen MR) is 87.2 cm³/mol. The van der Waals surface area contributed by atoms with Crippen molar-refractivity contribution in [1.82, 2.24) is 14.5 Å². The Morgan fingerprint density at radius 3 is 2.64 bits per heavy atom. The van der Waals surface area contributed by atoms with Crippen LogP contribution in [0.5, 0.6) is 0 Å². The number of imidazole rings is 1. The number of nitrogens with zero attached hydrogens (tertiary/aromatic N) is 2. The third kappa shape index (κ3) is 2.98. The van der Waals surface area contributed by atoms with E-state index in [2.05, 4.69) is 4.98 Å². The Labute approximate surface area is 134 Å². The second-order valence-electron chi connectivity index (χ2n) is 5.36. The van der Waals surface area contributed by atoms with Crippen molar-refractivity contribution in [2.75, 3.05) is 26.3 Å². The van der Waals surface area contributed by atoms with Crippen LogP contribution in [0.25, 0.3) is 11.3 Å². The number of carbonyl (C=O) groups is 1. The summed E-state index contributed by atoms with van der Waals surface area (Å²) < 4.78 is 7.69.